The third kappa shape index (κ3) is 4.98. The third-order valence-corrected chi connectivity index (χ3v) is 2.60. The molecule has 1 aromatic carbocycles. The molecule has 0 aliphatic heterocycles. The SMILES string of the molecule is COc1ccccc1NC(=O)CN(C)CC(C)C#N. The number of benzene rings is 1. The number of anilines is 1. The van der Waals surface area contributed by atoms with Gasteiger partial charge in [0.1, 0.15) is 5.75 Å². The number of carbonyl (C=O) groups is 1. The lowest BCUT2D eigenvalue weighted by Crippen LogP contribution is -2.33. The van der Waals surface area contributed by atoms with Crippen molar-refractivity contribution in [3.05, 3.63) is 24.3 Å². The van der Waals surface area contributed by atoms with Crippen molar-refractivity contribution in [2.75, 3.05) is 32.6 Å². The highest BCUT2D eigenvalue weighted by Gasteiger charge is 2.11. The summed E-state index contributed by atoms with van der Waals surface area (Å²) in [6, 6.07) is 9.39. The van der Waals surface area contributed by atoms with E-state index < -0.39 is 0 Å². The fourth-order valence-electron chi connectivity index (χ4n) is 1.76. The zero-order chi connectivity index (χ0) is 14.3. The Morgan fingerprint density at radius 1 is 1.53 bits per heavy atom. The van der Waals surface area contributed by atoms with Crippen LogP contribution in [0.3, 0.4) is 0 Å². The lowest BCUT2D eigenvalue weighted by Gasteiger charge is -2.17. The van der Waals surface area contributed by atoms with Gasteiger partial charge in [-0.2, -0.15) is 5.26 Å². The summed E-state index contributed by atoms with van der Waals surface area (Å²) in [5, 5.41) is 11.5. The standard InChI is InChI=1S/C14H19N3O2/c1-11(8-15)9-17(2)10-14(18)16-12-6-4-5-7-13(12)19-3/h4-7,11H,9-10H2,1-3H3,(H,16,18). The summed E-state index contributed by atoms with van der Waals surface area (Å²) in [7, 11) is 3.38. The van der Waals surface area contributed by atoms with E-state index in [9.17, 15) is 4.79 Å². The zero-order valence-corrected chi connectivity index (χ0v) is 11.5. The van der Waals surface area contributed by atoms with Gasteiger partial charge in [0.25, 0.3) is 0 Å². The van der Waals surface area contributed by atoms with E-state index in [0.717, 1.165) is 0 Å². The van der Waals surface area contributed by atoms with E-state index in [-0.39, 0.29) is 18.4 Å². The van der Waals surface area contributed by atoms with E-state index in [0.29, 0.717) is 18.0 Å². The van der Waals surface area contributed by atoms with Crippen molar-refractivity contribution >= 4 is 11.6 Å². The van der Waals surface area contributed by atoms with Crippen LogP contribution in [-0.2, 0) is 4.79 Å². The molecule has 0 radical (unpaired) electrons. The Bertz CT molecular complexity index is 468. The van der Waals surface area contributed by atoms with Gasteiger partial charge in [0, 0.05) is 6.54 Å². The first-order chi connectivity index (χ1) is 9.06. The number of nitrogens with one attached hydrogen (secondary N) is 1. The predicted octanol–water partition coefficient (Wildman–Crippen LogP) is 1.73. The van der Waals surface area contributed by atoms with Crippen LogP contribution in [0, 0.1) is 17.2 Å². The van der Waals surface area contributed by atoms with E-state index in [1.165, 1.54) is 0 Å². The number of rotatable bonds is 6. The minimum absolute atomic E-state index is 0.0935. The van der Waals surface area contributed by atoms with Crippen LogP contribution in [0.2, 0.25) is 0 Å². The highest BCUT2D eigenvalue weighted by Crippen LogP contribution is 2.22. The summed E-state index contributed by atoms with van der Waals surface area (Å²) in [5.41, 5.74) is 0.650. The summed E-state index contributed by atoms with van der Waals surface area (Å²) in [6.07, 6.45) is 0. The first-order valence-corrected chi connectivity index (χ1v) is 6.07. The van der Waals surface area contributed by atoms with Gasteiger partial charge in [-0.15, -0.1) is 0 Å². The molecule has 0 spiro atoms. The lowest BCUT2D eigenvalue weighted by atomic mass is 10.2. The molecule has 0 aliphatic rings. The largest absolute Gasteiger partial charge is 0.495 e. The molecule has 19 heavy (non-hydrogen) atoms. The summed E-state index contributed by atoms with van der Waals surface area (Å²) >= 11 is 0. The molecule has 1 unspecified atom stereocenters. The van der Waals surface area contributed by atoms with Gasteiger partial charge in [-0.05, 0) is 26.1 Å². The van der Waals surface area contributed by atoms with Gasteiger partial charge in [0.05, 0.1) is 31.3 Å². The monoisotopic (exact) mass is 261 g/mol. The number of likely N-dealkylation sites (N-methyl/N-ethyl adjacent to an activating group) is 1. The molecule has 1 N–H and O–H groups in total. The average molecular weight is 261 g/mol. The number of ether oxygens (including phenoxy) is 1. The minimum Gasteiger partial charge on any atom is -0.495 e. The maximum absolute atomic E-state index is 11.9. The van der Waals surface area contributed by atoms with Gasteiger partial charge in [0.2, 0.25) is 5.91 Å². The van der Waals surface area contributed by atoms with Crippen LogP contribution >= 0.6 is 0 Å². The van der Waals surface area contributed by atoms with Gasteiger partial charge in [0.15, 0.2) is 0 Å². The Labute approximate surface area is 113 Å². The Kier molecular flexibility index (Phi) is 5.83. The number of amides is 1. The highest BCUT2D eigenvalue weighted by atomic mass is 16.5. The van der Waals surface area contributed by atoms with Crippen molar-refractivity contribution < 1.29 is 9.53 Å². The maximum atomic E-state index is 11.9. The fraction of sp³-hybridized carbons (Fsp3) is 0.429. The number of nitrogens with zero attached hydrogens (tertiary/aromatic N) is 2. The number of hydrogen-bond donors (Lipinski definition) is 1. The van der Waals surface area contributed by atoms with Gasteiger partial charge < -0.3 is 10.1 Å². The Balaban J connectivity index is 2.54. The molecular weight excluding hydrogens is 242 g/mol. The molecule has 5 nitrogen and oxygen atoms in total. The molecule has 0 saturated carbocycles. The second kappa shape index (κ2) is 7.39. The molecule has 0 aromatic heterocycles. The van der Waals surface area contributed by atoms with Crippen molar-refractivity contribution in [1.29, 1.82) is 5.26 Å². The summed E-state index contributed by atoms with van der Waals surface area (Å²) in [6.45, 7) is 2.63. The van der Waals surface area contributed by atoms with Crippen LogP contribution in [-0.4, -0.2) is 38.1 Å². The van der Waals surface area contributed by atoms with Crippen molar-refractivity contribution in [3.8, 4) is 11.8 Å². The molecular formula is C14H19N3O2. The molecule has 0 bridgehead atoms. The summed E-state index contributed by atoms with van der Waals surface area (Å²) in [4.78, 5) is 13.7. The summed E-state index contributed by atoms with van der Waals surface area (Å²) in [5.74, 6) is 0.407. The molecule has 0 saturated heterocycles. The fourth-order valence-corrected chi connectivity index (χ4v) is 1.76. The van der Waals surface area contributed by atoms with Crippen LogP contribution in [0.5, 0.6) is 5.75 Å². The number of methoxy groups -OCH3 is 1. The molecule has 1 atom stereocenters. The van der Waals surface area contributed by atoms with Crippen LogP contribution in [0.1, 0.15) is 6.92 Å². The second-order valence-electron chi connectivity index (χ2n) is 4.48. The smallest absolute Gasteiger partial charge is 0.238 e. The molecule has 0 aliphatic carbocycles. The number of para-hydroxylation sites is 2. The molecule has 1 amide bonds. The molecule has 0 fully saturated rings. The first-order valence-electron chi connectivity index (χ1n) is 6.07. The van der Waals surface area contributed by atoms with Crippen molar-refractivity contribution in [3.63, 3.8) is 0 Å². The minimum atomic E-state index is -0.128. The first kappa shape index (κ1) is 15.0. The molecule has 1 aromatic rings. The molecule has 5 heteroatoms. The topological polar surface area (TPSA) is 65.4 Å². The lowest BCUT2D eigenvalue weighted by molar-refractivity contribution is -0.117. The van der Waals surface area contributed by atoms with Crippen LogP contribution in [0.25, 0.3) is 0 Å². The maximum Gasteiger partial charge on any atom is 0.238 e. The Morgan fingerprint density at radius 3 is 2.84 bits per heavy atom. The van der Waals surface area contributed by atoms with E-state index in [4.69, 9.17) is 10.00 Å². The van der Waals surface area contributed by atoms with Crippen LogP contribution in [0.15, 0.2) is 24.3 Å². The Morgan fingerprint density at radius 2 is 2.21 bits per heavy atom. The highest BCUT2D eigenvalue weighted by molar-refractivity contribution is 5.93. The molecule has 102 valence electrons. The van der Waals surface area contributed by atoms with Crippen LogP contribution < -0.4 is 10.1 Å². The normalized spacial score (nSPS) is 11.7. The van der Waals surface area contributed by atoms with E-state index in [1.54, 1.807) is 19.2 Å². The molecule has 1 rings (SSSR count). The van der Waals surface area contributed by atoms with Crippen molar-refractivity contribution in [1.82, 2.24) is 4.90 Å². The number of nitriles is 1. The third-order valence-electron chi connectivity index (χ3n) is 2.60. The average Bonchev–Trinajstić information content (AvgIpc) is 2.38. The quantitative estimate of drug-likeness (QED) is 0.847. The number of carbonyl (C=O) groups excluding carboxylic acids is 1. The van der Waals surface area contributed by atoms with E-state index in [2.05, 4.69) is 11.4 Å². The van der Waals surface area contributed by atoms with Gasteiger partial charge in [-0.3, -0.25) is 9.69 Å². The van der Waals surface area contributed by atoms with Crippen molar-refractivity contribution in [2.24, 2.45) is 5.92 Å². The van der Waals surface area contributed by atoms with Gasteiger partial charge >= 0.3 is 0 Å². The number of hydrogen-bond acceptors (Lipinski definition) is 4. The Hall–Kier alpha value is -2.06. The zero-order valence-electron chi connectivity index (χ0n) is 11.5. The van der Waals surface area contributed by atoms with Gasteiger partial charge in [-0.25, -0.2) is 0 Å². The van der Waals surface area contributed by atoms with Crippen LogP contribution in [0.4, 0.5) is 5.69 Å². The van der Waals surface area contributed by atoms with Gasteiger partial charge in [-0.1, -0.05) is 12.1 Å². The molecule has 0 heterocycles. The van der Waals surface area contributed by atoms with E-state index >= 15 is 0 Å². The summed E-state index contributed by atoms with van der Waals surface area (Å²) < 4.78 is 5.16. The predicted molar refractivity (Wildman–Crippen MR) is 73.9 cm³/mol. The van der Waals surface area contributed by atoms with E-state index in [1.807, 2.05) is 31.0 Å². The van der Waals surface area contributed by atoms with Crippen molar-refractivity contribution in [2.45, 2.75) is 6.92 Å². The second-order valence-corrected chi connectivity index (χ2v) is 4.48.